The van der Waals surface area contributed by atoms with E-state index in [1.807, 2.05) is 75.4 Å². The van der Waals surface area contributed by atoms with Crippen LogP contribution in [-0.4, -0.2) is 16.1 Å². The minimum atomic E-state index is 0.163. The average molecular weight is 334 g/mol. The number of para-hydroxylation sites is 1. The van der Waals surface area contributed by atoms with Gasteiger partial charge in [-0.25, -0.2) is 4.98 Å². The van der Waals surface area contributed by atoms with E-state index in [-0.39, 0.29) is 6.10 Å². The maximum absolute atomic E-state index is 5.65. The van der Waals surface area contributed by atoms with Crippen molar-refractivity contribution in [3.8, 4) is 5.75 Å². The van der Waals surface area contributed by atoms with Crippen LogP contribution in [0.5, 0.6) is 5.75 Å². The van der Waals surface area contributed by atoms with E-state index >= 15 is 0 Å². The number of anilines is 4. The molecule has 0 aliphatic carbocycles. The molecule has 0 amide bonds. The molecule has 1 heterocycles. The number of nitrogens with one attached hydrogen (secondary N) is 2. The monoisotopic (exact) mass is 334 g/mol. The van der Waals surface area contributed by atoms with Gasteiger partial charge in [0, 0.05) is 17.6 Å². The Morgan fingerprint density at radius 1 is 0.920 bits per heavy atom. The van der Waals surface area contributed by atoms with E-state index in [1.165, 1.54) is 0 Å². The number of hydrogen-bond acceptors (Lipinski definition) is 5. The number of benzene rings is 2. The highest BCUT2D eigenvalue weighted by Crippen LogP contribution is 2.21. The summed E-state index contributed by atoms with van der Waals surface area (Å²) in [5.41, 5.74) is 3.08. The Bertz CT molecular complexity index is 831. The zero-order valence-electron chi connectivity index (χ0n) is 14.7. The largest absolute Gasteiger partial charge is 0.491 e. The zero-order chi connectivity index (χ0) is 17.6. The van der Waals surface area contributed by atoms with Crippen LogP contribution in [0.1, 0.15) is 19.4 Å². The highest BCUT2D eigenvalue weighted by atomic mass is 16.5. The Balaban J connectivity index is 1.70. The average Bonchev–Trinajstić information content (AvgIpc) is 2.59. The lowest BCUT2D eigenvalue weighted by Gasteiger charge is -2.12. The van der Waals surface area contributed by atoms with Gasteiger partial charge in [0.25, 0.3) is 0 Å². The Morgan fingerprint density at radius 3 is 2.40 bits per heavy atom. The summed E-state index contributed by atoms with van der Waals surface area (Å²) >= 11 is 0. The SMILES string of the molecule is Cc1ccccc1Nc1nccc(Nc2ccc(OC(C)C)cc2)n1. The van der Waals surface area contributed by atoms with E-state index in [9.17, 15) is 0 Å². The molecule has 5 nitrogen and oxygen atoms in total. The standard InChI is InChI=1S/C20H22N4O/c1-14(2)25-17-10-8-16(9-11-17)22-19-12-13-21-20(24-19)23-18-7-5-4-6-15(18)3/h4-14H,1-3H3,(H2,21,22,23,24). The summed E-state index contributed by atoms with van der Waals surface area (Å²) in [6, 6.07) is 17.7. The maximum atomic E-state index is 5.65. The molecule has 5 heteroatoms. The molecule has 0 unspecified atom stereocenters. The number of aromatic nitrogens is 2. The van der Waals surface area contributed by atoms with Gasteiger partial charge in [0.05, 0.1) is 6.10 Å². The first-order valence-corrected chi connectivity index (χ1v) is 8.29. The van der Waals surface area contributed by atoms with Crippen molar-refractivity contribution < 1.29 is 4.74 Å². The van der Waals surface area contributed by atoms with Crippen LogP contribution in [0.3, 0.4) is 0 Å². The van der Waals surface area contributed by atoms with Crippen molar-refractivity contribution in [1.82, 2.24) is 9.97 Å². The molecule has 1 aromatic heterocycles. The molecule has 25 heavy (non-hydrogen) atoms. The molecular weight excluding hydrogens is 312 g/mol. The van der Waals surface area contributed by atoms with E-state index < -0.39 is 0 Å². The normalized spacial score (nSPS) is 10.6. The number of rotatable bonds is 6. The lowest BCUT2D eigenvalue weighted by molar-refractivity contribution is 0.242. The van der Waals surface area contributed by atoms with Crippen LogP contribution in [0.15, 0.2) is 60.8 Å². The van der Waals surface area contributed by atoms with Crippen molar-refractivity contribution in [3.63, 3.8) is 0 Å². The van der Waals surface area contributed by atoms with Crippen molar-refractivity contribution in [2.24, 2.45) is 0 Å². The molecule has 0 aliphatic rings. The highest BCUT2D eigenvalue weighted by Gasteiger charge is 2.03. The fraction of sp³-hybridized carbons (Fsp3) is 0.200. The van der Waals surface area contributed by atoms with Crippen LogP contribution in [0.2, 0.25) is 0 Å². The Labute approximate surface area is 148 Å². The van der Waals surface area contributed by atoms with Gasteiger partial charge in [-0.3, -0.25) is 0 Å². The number of hydrogen-bond donors (Lipinski definition) is 2. The predicted octanol–water partition coefficient (Wildman–Crippen LogP) is 5.06. The minimum Gasteiger partial charge on any atom is -0.491 e. The summed E-state index contributed by atoms with van der Waals surface area (Å²) in [7, 11) is 0. The number of nitrogens with zero attached hydrogens (tertiary/aromatic N) is 2. The third-order valence-corrected chi connectivity index (χ3v) is 3.55. The van der Waals surface area contributed by atoms with Gasteiger partial charge in [0.15, 0.2) is 0 Å². The predicted molar refractivity (Wildman–Crippen MR) is 102 cm³/mol. The van der Waals surface area contributed by atoms with Gasteiger partial charge in [-0.15, -0.1) is 0 Å². The molecule has 2 aromatic carbocycles. The molecule has 3 aromatic rings. The smallest absolute Gasteiger partial charge is 0.229 e. The molecule has 2 N–H and O–H groups in total. The molecule has 0 saturated heterocycles. The summed E-state index contributed by atoms with van der Waals surface area (Å²) in [6.45, 7) is 6.07. The van der Waals surface area contributed by atoms with Gasteiger partial charge >= 0.3 is 0 Å². The van der Waals surface area contributed by atoms with Crippen molar-refractivity contribution in [1.29, 1.82) is 0 Å². The number of ether oxygens (including phenoxy) is 1. The summed E-state index contributed by atoms with van der Waals surface area (Å²) in [6.07, 6.45) is 1.89. The quantitative estimate of drug-likeness (QED) is 0.660. The Hall–Kier alpha value is -3.08. The topological polar surface area (TPSA) is 59.1 Å². The summed E-state index contributed by atoms with van der Waals surface area (Å²) in [4.78, 5) is 8.79. The molecule has 0 spiro atoms. The first kappa shape index (κ1) is 16.8. The minimum absolute atomic E-state index is 0.163. The van der Waals surface area contributed by atoms with Gasteiger partial charge in [-0.2, -0.15) is 4.98 Å². The van der Waals surface area contributed by atoms with Crippen LogP contribution >= 0.6 is 0 Å². The molecular formula is C20H22N4O. The van der Waals surface area contributed by atoms with Gasteiger partial charge in [0.2, 0.25) is 5.95 Å². The van der Waals surface area contributed by atoms with Gasteiger partial charge in [0.1, 0.15) is 11.6 Å². The molecule has 0 aliphatic heterocycles. The molecule has 0 saturated carbocycles. The van der Waals surface area contributed by atoms with Crippen LogP contribution in [0.4, 0.5) is 23.1 Å². The zero-order valence-corrected chi connectivity index (χ0v) is 14.7. The molecule has 0 fully saturated rings. The van der Waals surface area contributed by atoms with Crippen LogP contribution < -0.4 is 15.4 Å². The first-order chi connectivity index (χ1) is 12.1. The van der Waals surface area contributed by atoms with Gasteiger partial charge < -0.3 is 15.4 Å². The van der Waals surface area contributed by atoms with Crippen LogP contribution in [0.25, 0.3) is 0 Å². The second-order valence-electron chi connectivity index (χ2n) is 6.02. The third kappa shape index (κ3) is 4.70. The maximum Gasteiger partial charge on any atom is 0.229 e. The van der Waals surface area contributed by atoms with Crippen molar-refractivity contribution >= 4 is 23.1 Å². The Kier molecular flexibility index (Phi) is 5.14. The molecule has 0 atom stereocenters. The molecule has 3 rings (SSSR count). The second-order valence-corrected chi connectivity index (χ2v) is 6.02. The lowest BCUT2D eigenvalue weighted by atomic mass is 10.2. The summed E-state index contributed by atoms with van der Waals surface area (Å²) in [5, 5.41) is 6.53. The fourth-order valence-electron chi connectivity index (χ4n) is 2.36. The van der Waals surface area contributed by atoms with E-state index in [0.717, 1.165) is 28.5 Å². The molecule has 128 valence electrons. The van der Waals surface area contributed by atoms with Crippen molar-refractivity contribution in [3.05, 3.63) is 66.4 Å². The van der Waals surface area contributed by atoms with Gasteiger partial charge in [-0.1, -0.05) is 18.2 Å². The molecule has 0 bridgehead atoms. The molecule has 0 radical (unpaired) electrons. The van der Waals surface area contributed by atoms with Crippen LogP contribution in [0, 0.1) is 6.92 Å². The van der Waals surface area contributed by atoms with E-state index in [0.29, 0.717) is 5.95 Å². The van der Waals surface area contributed by atoms with Gasteiger partial charge in [-0.05, 0) is 62.7 Å². The lowest BCUT2D eigenvalue weighted by Crippen LogP contribution is -2.05. The Morgan fingerprint density at radius 2 is 1.68 bits per heavy atom. The summed E-state index contributed by atoms with van der Waals surface area (Å²) in [5.74, 6) is 2.13. The van der Waals surface area contributed by atoms with E-state index in [2.05, 4.69) is 20.6 Å². The van der Waals surface area contributed by atoms with Crippen molar-refractivity contribution in [2.45, 2.75) is 26.9 Å². The van der Waals surface area contributed by atoms with E-state index in [1.54, 1.807) is 6.20 Å². The first-order valence-electron chi connectivity index (χ1n) is 8.29. The highest BCUT2D eigenvalue weighted by molar-refractivity contribution is 5.61. The van der Waals surface area contributed by atoms with Crippen LogP contribution in [-0.2, 0) is 0 Å². The van der Waals surface area contributed by atoms with E-state index in [4.69, 9.17) is 4.74 Å². The van der Waals surface area contributed by atoms with Crippen molar-refractivity contribution in [2.75, 3.05) is 10.6 Å². The third-order valence-electron chi connectivity index (χ3n) is 3.55. The number of aryl methyl sites for hydroxylation is 1. The fourth-order valence-corrected chi connectivity index (χ4v) is 2.36. The summed E-state index contributed by atoms with van der Waals surface area (Å²) < 4.78 is 5.65. The second kappa shape index (κ2) is 7.66.